The van der Waals surface area contributed by atoms with E-state index < -0.39 is 0 Å². The maximum absolute atomic E-state index is 12.0. The van der Waals surface area contributed by atoms with E-state index in [1.54, 1.807) is 12.1 Å². The third kappa shape index (κ3) is 5.24. The highest BCUT2D eigenvalue weighted by atomic mass is 35.5. The smallest absolute Gasteiger partial charge is 0.277 e. The van der Waals surface area contributed by atoms with Gasteiger partial charge in [0.15, 0.2) is 6.61 Å². The van der Waals surface area contributed by atoms with Gasteiger partial charge >= 0.3 is 0 Å². The van der Waals surface area contributed by atoms with E-state index in [4.69, 9.17) is 20.8 Å². The van der Waals surface area contributed by atoms with Gasteiger partial charge in [-0.2, -0.15) is 0 Å². The van der Waals surface area contributed by atoms with Gasteiger partial charge < -0.3 is 14.5 Å². The van der Waals surface area contributed by atoms with Crippen LogP contribution in [0.5, 0.6) is 5.75 Å². The van der Waals surface area contributed by atoms with Crippen molar-refractivity contribution < 1.29 is 13.9 Å². The summed E-state index contributed by atoms with van der Waals surface area (Å²) in [4.78, 5) is 12.0. The molecule has 0 saturated heterocycles. The van der Waals surface area contributed by atoms with Crippen LogP contribution in [-0.2, 0) is 11.4 Å². The molecular formula is C18H16ClN3O3S. The molecule has 1 heterocycles. The van der Waals surface area contributed by atoms with Crippen molar-refractivity contribution in [3.63, 3.8) is 0 Å². The molecule has 0 aliphatic carbocycles. The van der Waals surface area contributed by atoms with Gasteiger partial charge in [-0.25, -0.2) is 0 Å². The van der Waals surface area contributed by atoms with E-state index in [0.29, 0.717) is 21.9 Å². The SMILES string of the molecule is Cc1ccc(NC(=O)CSc2nnc(COc3ccccc3Cl)o2)cc1. The number of aryl methyl sites for hydroxylation is 1. The van der Waals surface area contributed by atoms with E-state index in [1.807, 2.05) is 43.3 Å². The Kier molecular flexibility index (Phi) is 6.14. The molecule has 0 atom stereocenters. The molecule has 134 valence electrons. The largest absolute Gasteiger partial charge is 0.482 e. The summed E-state index contributed by atoms with van der Waals surface area (Å²) in [6.07, 6.45) is 0. The molecule has 2 aromatic carbocycles. The molecule has 1 N–H and O–H groups in total. The first kappa shape index (κ1) is 18.3. The van der Waals surface area contributed by atoms with Gasteiger partial charge in [0.1, 0.15) is 5.75 Å². The van der Waals surface area contributed by atoms with Crippen molar-refractivity contribution in [2.45, 2.75) is 18.8 Å². The molecule has 0 aliphatic rings. The molecule has 0 spiro atoms. The molecule has 8 heteroatoms. The molecule has 1 amide bonds. The van der Waals surface area contributed by atoms with Crippen LogP contribution in [0.1, 0.15) is 11.5 Å². The summed E-state index contributed by atoms with van der Waals surface area (Å²) >= 11 is 7.18. The highest BCUT2D eigenvalue weighted by molar-refractivity contribution is 7.99. The lowest BCUT2D eigenvalue weighted by molar-refractivity contribution is -0.113. The van der Waals surface area contributed by atoms with Crippen molar-refractivity contribution in [3.05, 3.63) is 65.0 Å². The zero-order valence-corrected chi connectivity index (χ0v) is 15.5. The van der Waals surface area contributed by atoms with Crippen LogP contribution >= 0.6 is 23.4 Å². The first-order chi connectivity index (χ1) is 12.6. The summed E-state index contributed by atoms with van der Waals surface area (Å²) in [6.45, 7) is 2.09. The van der Waals surface area contributed by atoms with Crippen molar-refractivity contribution in [2.75, 3.05) is 11.1 Å². The molecule has 0 saturated carbocycles. The van der Waals surface area contributed by atoms with E-state index in [2.05, 4.69) is 15.5 Å². The number of para-hydroxylation sites is 1. The van der Waals surface area contributed by atoms with Crippen LogP contribution in [0, 0.1) is 6.92 Å². The predicted molar refractivity (Wildman–Crippen MR) is 101 cm³/mol. The molecule has 26 heavy (non-hydrogen) atoms. The zero-order valence-electron chi connectivity index (χ0n) is 13.9. The zero-order chi connectivity index (χ0) is 18.4. The second-order valence-electron chi connectivity index (χ2n) is 5.38. The molecule has 1 aromatic heterocycles. The number of carbonyl (C=O) groups excluding carboxylic acids is 1. The van der Waals surface area contributed by atoms with Crippen LogP contribution < -0.4 is 10.1 Å². The Morgan fingerprint density at radius 2 is 1.96 bits per heavy atom. The number of hydrogen-bond acceptors (Lipinski definition) is 6. The third-order valence-electron chi connectivity index (χ3n) is 3.30. The van der Waals surface area contributed by atoms with Gasteiger partial charge in [-0.1, -0.05) is 53.2 Å². The van der Waals surface area contributed by atoms with Crippen molar-refractivity contribution in [1.29, 1.82) is 0 Å². The minimum absolute atomic E-state index is 0.104. The molecule has 3 aromatic rings. The fraction of sp³-hybridized carbons (Fsp3) is 0.167. The van der Waals surface area contributed by atoms with Crippen molar-refractivity contribution in [1.82, 2.24) is 10.2 Å². The first-order valence-electron chi connectivity index (χ1n) is 7.79. The number of nitrogens with one attached hydrogen (secondary N) is 1. The number of anilines is 1. The maximum atomic E-state index is 12.0. The summed E-state index contributed by atoms with van der Waals surface area (Å²) in [5.74, 6) is 0.872. The minimum atomic E-state index is -0.147. The number of aromatic nitrogens is 2. The van der Waals surface area contributed by atoms with Crippen LogP contribution in [0.4, 0.5) is 5.69 Å². The second kappa shape index (κ2) is 8.73. The average Bonchev–Trinajstić information content (AvgIpc) is 3.09. The van der Waals surface area contributed by atoms with Crippen molar-refractivity contribution >= 4 is 35.0 Å². The number of rotatable bonds is 7. The Hall–Kier alpha value is -2.51. The summed E-state index contributed by atoms with van der Waals surface area (Å²) in [6, 6.07) is 14.7. The molecular weight excluding hydrogens is 374 g/mol. The Balaban J connectivity index is 1.46. The number of thioether (sulfide) groups is 1. The highest BCUT2D eigenvalue weighted by Crippen LogP contribution is 2.24. The quantitative estimate of drug-likeness (QED) is 0.605. The van der Waals surface area contributed by atoms with Gasteiger partial charge in [0.2, 0.25) is 5.91 Å². The molecule has 0 unspecified atom stereocenters. The van der Waals surface area contributed by atoms with E-state index in [1.165, 1.54) is 0 Å². The fourth-order valence-electron chi connectivity index (χ4n) is 2.02. The van der Waals surface area contributed by atoms with Gasteiger partial charge in [0.25, 0.3) is 11.1 Å². The monoisotopic (exact) mass is 389 g/mol. The lowest BCUT2D eigenvalue weighted by Gasteiger charge is -2.04. The molecule has 0 bridgehead atoms. The molecule has 0 radical (unpaired) electrons. The molecule has 0 aliphatic heterocycles. The van der Waals surface area contributed by atoms with Crippen LogP contribution in [0.15, 0.2) is 58.2 Å². The van der Waals surface area contributed by atoms with Crippen LogP contribution in [-0.4, -0.2) is 21.9 Å². The predicted octanol–water partition coefficient (Wildman–Crippen LogP) is 4.34. The number of hydrogen-bond donors (Lipinski definition) is 1. The number of benzene rings is 2. The van der Waals surface area contributed by atoms with Gasteiger partial charge in [0.05, 0.1) is 10.8 Å². The van der Waals surface area contributed by atoms with Crippen LogP contribution in [0.25, 0.3) is 0 Å². The molecule has 6 nitrogen and oxygen atoms in total. The topological polar surface area (TPSA) is 77.2 Å². The lowest BCUT2D eigenvalue weighted by atomic mass is 10.2. The fourth-order valence-corrected chi connectivity index (χ4v) is 2.79. The van der Waals surface area contributed by atoms with Crippen molar-refractivity contribution in [3.8, 4) is 5.75 Å². The van der Waals surface area contributed by atoms with Crippen LogP contribution in [0.2, 0.25) is 5.02 Å². The highest BCUT2D eigenvalue weighted by Gasteiger charge is 2.11. The van der Waals surface area contributed by atoms with Gasteiger partial charge in [-0.05, 0) is 31.2 Å². The maximum Gasteiger partial charge on any atom is 0.277 e. The van der Waals surface area contributed by atoms with Gasteiger partial charge in [-0.3, -0.25) is 4.79 Å². The third-order valence-corrected chi connectivity index (χ3v) is 4.43. The van der Waals surface area contributed by atoms with Crippen molar-refractivity contribution in [2.24, 2.45) is 0 Å². The Labute approximate surface area is 159 Å². The normalized spacial score (nSPS) is 10.5. The summed E-state index contributed by atoms with van der Waals surface area (Å²) in [5.41, 5.74) is 1.88. The van der Waals surface area contributed by atoms with E-state index in [-0.39, 0.29) is 18.3 Å². The standard InChI is InChI=1S/C18H16ClN3O3S/c1-12-6-8-13(9-7-12)20-16(23)11-26-18-22-21-17(25-18)10-24-15-5-3-2-4-14(15)19/h2-9H,10-11H2,1H3,(H,20,23). The average molecular weight is 390 g/mol. The Bertz CT molecular complexity index is 883. The first-order valence-corrected chi connectivity index (χ1v) is 9.15. The van der Waals surface area contributed by atoms with Gasteiger partial charge in [-0.15, -0.1) is 10.2 Å². The summed E-state index contributed by atoms with van der Waals surface area (Å²) < 4.78 is 11.0. The lowest BCUT2D eigenvalue weighted by Crippen LogP contribution is -2.13. The number of ether oxygens (including phenoxy) is 1. The number of halogens is 1. The Morgan fingerprint density at radius 1 is 1.19 bits per heavy atom. The number of nitrogens with zero attached hydrogens (tertiary/aromatic N) is 2. The molecule has 0 fully saturated rings. The number of carbonyl (C=O) groups is 1. The van der Waals surface area contributed by atoms with E-state index in [0.717, 1.165) is 23.0 Å². The summed E-state index contributed by atoms with van der Waals surface area (Å²) in [7, 11) is 0. The molecule has 3 rings (SSSR count). The summed E-state index contributed by atoms with van der Waals surface area (Å²) in [5, 5.41) is 11.4. The minimum Gasteiger partial charge on any atom is -0.482 e. The Morgan fingerprint density at radius 3 is 2.73 bits per heavy atom. The van der Waals surface area contributed by atoms with E-state index in [9.17, 15) is 4.79 Å². The van der Waals surface area contributed by atoms with Gasteiger partial charge in [0, 0.05) is 5.69 Å². The second-order valence-corrected chi connectivity index (χ2v) is 6.72. The van der Waals surface area contributed by atoms with Crippen LogP contribution in [0.3, 0.4) is 0 Å². The van der Waals surface area contributed by atoms with E-state index >= 15 is 0 Å². The number of amides is 1.